The molecule has 1 N–H and O–H groups in total. The van der Waals surface area contributed by atoms with Crippen LogP contribution in [-0.4, -0.2) is 55.3 Å². The van der Waals surface area contributed by atoms with Gasteiger partial charge in [0.15, 0.2) is 0 Å². The van der Waals surface area contributed by atoms with Crippen molar-refractivity contribution in [2.24, 2.45) is 0 Å². The molecule has 2 rings (SSSR count). The van der Waals surface area contributed by atoms with Crippen molar-refractivity contribution in [3.63, 3.8) is 0 Å². The van der Waals surface area contributed by atoms with Gasteiger partial charge in [-0.25, -0.2) is 0 Å². The lowest BCUT2D eigenvalue weighted by molar-refractivity contribution is 0.209. The van der Waals surface area contributed by atoms with Gasteiger partial charge in [0.05, 0.1) is 0 Å². The molecule has 2 heterocycles. The maximum absolute atomic E-state index is 13.0. The molecule has 2 aliphatic rings. The van der Waals surface area contributed by atoms with Crippen molar-refractivity contribution in [1.29, 1.82) is 0 Å². The van der Waals surface area contributed by atoms with Crippen LogP contribution in [0.15, 0.2) is 0 Å². The second-order valence-corrected chi connectivity index (χ2v) is 7.89. The molecule has 0 saturated carbocycles. The lowest BCUT2D eigenvalue weighted by Crippen LogP contribution is -2.54. The lowest BCUT2D eigenvalue weighted by atomic mass is 10.1. The molecule has 0 aromatic heterocycles. The number of nitrogens with zero attached hydrogens (tertiary/aromatic N) is 2. The Morgan fingerprint density at radius 2 is 1.90 bits per heavy atom. The average Bonchev–Trinajstić information content (AvgIpc) is 2.45. The van der Waals surface area contributed by atoms with Crippen LogP contribution < -0.4 is 5.32 Å². The number of hydrogen-bond donors (Lipinski definition) is 1. The van der Waals surface area contributed by atoms with Crippen molar-refractivity contribution in [2.45, 2.75) is 64.5 Å². The van der Waals surface area contributed by atoms with Gasteiger partial charge in [-0.3, -0.25) is 0 Å². The third-order valence-electron chi connectivity index (χ3n) is 4.49. The molecular formula is C14H29N3O2S. The summed E-state index contributed by atoms with van der Waals surface area (Å²) in [6, 6.07) is 0.324. The molecule has 2 saturated heterocycles. The van der Waals surface area contributed by atoms with Crippen LogP contribution in [0.4, 0.5) is 0 Å². The summed E-state index contributed by atoms with van der Waals surface area (Å²) in [5, 5.41) is 3.32. The van der Waals surface area contributed by atoms with Crippen molar-refractivity contribution in [3.8, 4) is 0 Å². The molecule has 5 nitrogen and oxygen atoms in total. The van der Waals surface area contributed by atoms with Crippen molar-refractivity contribution < 1.29 is 8.42 Å². The highest BCUT2D eigenvalue weighted by molar-refractivity contribution is 7.86. The maximum Gasteiger partial charge on any atom is 0.282 e. The highest BCUT2D eigenvalue weighted by Gasteiger charge is 2.37. The molecular weight excluding hydrogens is 274 g/mol. The first-order valence-corrected chi connectivity index (χ1v) is 9.46. The highest BCUT2D eigenvalue weighted by atomic mass is 32.2. The fourth-order valence-corrected chi connectivity index (χ4v) is 5.54. The third-order valence-corrected chi connectivity index (χ3v) is 6.70. The number of piperidine rings is 2. The quantitative estimate of drug-likeness (QED) is 0.839. The monoisotopic (exact) mass is 303 g/mol. The fraction of sp³-hybridized carbons (Fsp3) is 1.00. The summed E-state index contributed by atoms with van der Waals surface area (Å²) in [7, 11) is -3.30. The van der Waals surface area contributed by atoms with Gasteiger partial charge in [-0.1, -0.05) is 13.3 Å². The molecule has 0 aromatic rings. The molecule has 2 aliphatic heterocycles. The van der Waals surface area contributed by atoms with Crippen molar-refractivity contribution in [2.75, 3.05) is 26.2 Å². The van der Waals surface area contributed by atoms with E-state index in [1.54, 1.807) is 8.61 Å². The van der Waals surface area contributed by atoms with Crippen molar-refractivity contribution in [3.05, 3.63) is 0 Å². The van der Waals surface area contributed by atoms with Crippen molar-refractivity contribution >= 4 is 10.2 Å². The van der Waals surface area contributed by atoms with Crippen LogP contribution in [-0.2, 0) is 10.2 Å². The van der Waals surface area contributed by atoms with Gasteiger partial charge < -0.3 is 5.32 Å². The van der Waals surface area contributed by atoms with Gasteiger partial charge in [0.1, 0.15) is 0 Å². The van der Waals surface area contributed by atoms with Crippen LogP contribution in [0.2, 0.25) is 0 Å². The minimum atomic E-state index is -3.30. The van der Waals surface area contributed by atoms with Gasteiger partial charge >= 0.3 is 0 Å². The van der Waals surface area contributed by atoms with E-state index in [0.29, 0.717) is 13.1 Å². The molecule has 0 bridgehead atoms. The Labute approximate surface area is 123 Å². The standard InChI is InChI=1S/C14H29N3O2S/c1-3-11-17(14-7-9-15-10-8-14)20(18,19)16-12-5-4-6-13(16)2/h13-15H,3-12H2,1-2H3. The Morgan fingerprint density at radius 1 is 1.20 bits per heavy atom. The Balaban J connectivity index is 2.16. The Bertz CT molecular complexity index is 393. The zero-order chi connectivity index (χ0) is 14.6. The van der Waals surface area contributed by atoms with Crippen LogP contribution in [0.1, 0.15) is 52.4 Å². The summed E-state index contributed by atoms with van der Waals surface area (Å²) in [4.78, 5) is 0. The first-order chi connectivity index (χ1) is 9.57. The second-order valence-electron chi connectivity index (χ2n) is 6.06. The number of hydrogen-bond acceptors (Lipinski definition) is 3. The van der Waals surface area contributed by atoms with Gasteiger partial charge in [0.2, 0.25) is 0 Å². The molecule has 2 fully saturated rings. The third kappa shape index (κ3) is 3.53. The molecule has 0 aliphatic carbocycles. The topological polar surface area (TPSA) is 52.7 Å². The molecule has 0 radical (unpaired) electrons. The van der Waals surface area contributed by atoms with E-state index in [1.165, 1.54) is 0 Å². The molecule has 0 aromatic carbocycles. The van der Waals surface area contributed by atoms with E-state index < -0.39 is 10.2 Å². The van der Waals surface area contributed by atoms with E-state index in [9.17, 15) is 8.42 Å². The Hall–Kier alpha value is -0.170. The van der Waals surface area contributed by atoms with Gasteiger partial charge in [-0.15, -0.1) is 0 Å². The largest absolute Gasteiger partial charge is 0.317 e. The smallest absolute Gasteiger partial charge is 0.282 e. The molecule has 118 valence electrons. The molecule has 1 atom stereocenters. The SMILES string of the molecule is CCCN(C1CCNCC1)S(=O)(=O)N1CCCCC1C. The predicted molar refractivity (Wildman–Crippen MR) is 81.8 cm³/mol. The highest BCUT2D eigenvalue weighted by Crippen LogP contribution is 2.25. The summed E-state index contributed by atoms with van der Waals surface area (Å²) in [6.45, 7) is 7.29. The van der Waals surface area contributed by atoms with Gasteiger partial charge in [0.25, 0.3) is 10.2 Å². The average molecular weight is 303 g/mol. The molecule has 0 spiro atoms. The number of rotatable bonds is 5. The zero-order valence-corrected chi connectivity index (χ0v) is 13.7. The first-order valence-electron chi connectivity index (χ1n) is 8.06. The van der Waals surface area contributed by atoms with Gasteiger partial charge in [0, 0.05) is 25.2 Å². The fourth-order valence-electron chi connectivity index (χ4n) is 3.35. The summed E-state index contributed by atoms with van der Waals surface area (Å²) < 4.78 is 29.6. The van der Waals surface area contributed by atoms with Crippen LogP contribution in [0.25, 0.3) is 0 Å². The van der Waals surface area contributed by atoms with E-state index in [4.69, 9.17) is 0 Å². The molecule has 0 amide bonds. The molecule has 1 unspecified atom stereocenters. The molecule has 20 heavy (non-hydrogen) atoms. The normalized spacial score (nSPS) is 27.1. The Morgan fingerprint density at radius 3 is 2.50 bits per heavy atom. The summed E-state index contributed by atoms with van der Waals surface area (Å²) in [5.74, 6) is 0. The van der Waals surface area contributed by atoms with Crippen LogP contribution in [0.3, 0.4) is 0 Å². The van der Waals surface area contributed by atoms with E-state index in [0.717, 1.165) is 51.6 Å². The van der Waals surface area contributed by atoms with Crippen LogP contribution in [0.5, 0.6) is 0 Å². The van der Waals surface area contributed by atoms with E-state index >= 15 is 0 Å². The minimum Gasteiger partial charge on any atom is -0.317 e. The van der Waals surface area contributed by atoms with Crippen LogP contribution >= 0.6 is 0 Å². The molecule has 6 heteroatoms. The van der Waals surface area contributed by atoms with E-state index in [1.807, 2.05) is 6.92 Å². The summed E-state index contributed by atoms with van der Waals surface area (Å²) in [6.07, 6.45) is 5.88. The summed E-state index contributed by atoms with van der Waals surface area (Å²) in [5.41, 5.74) is 0. The zero-order valence-electron chi connectivity index (χ0n) is 12.8. The predicted octanol–water partition coefficient (Wildman–Crippen LogP) is 1.57. The second kappa shape index (κ2) is 7.20. The number of nitrogens with one attached hydrogen (secondary N) is 1. The lowest BCUT2D eigenvalue weighted by Gasteiger charge is -2.40. The van der Waals surface area contributed by atoms with E-state index in [-0.39, 0.29) is 12.1 Å². The van der Waals surface area contributed by atoms with Gasteiger partial charge in [-0.2, -0.15) is 17.0 Å². The van der Waals surface area contributed by atoms with Crippen LogP contribution in [0, 0.1) is 0 Å². The maximum atomic E-state index is 13.0. The Kier molecular flexibility index (Phi) is 5.84. The first kappa shape index (κ1) is 16.2. The minimum absolute atomic E-state index is 0.148. The van der Waals surface area contributed by atoms with E-state index in [2.05, 4.69) is 12.2 Å². The van der Waals surface area contributed by atoms with Crippen molar-refractivity contribution in [1.82, 2.24) is 13.9 Å². The van der Waals surface area contributed by atoms with Gasteiger partial charge in [-0.05, 0) is 52.1 Å². The summed E-state index contributed by atoms with van der Waals surface area (Å²) >= 11 is 0.